The van der Waals surface area contributed by atoms with Gasteiger partial charge in [-0.15, -0.1) is 0 Å². The van der Waals surface area contributed by atoms with Crippen LogP contribution in [0.5, 0.6) is 5.75 Å². The van der Waals surface area contributed by atoms with Gasteiger partial charge in [0.2, 0.25) is 5.91 Å². The Morgan fingerprint density at radius 2 is 1.96 bits per heavy atom. The molecule has 0 radical (unpaired) electrons. The average molecular weight is 348 g/mol. The predicted molar refractivity (Wildman–Crippen MR) is 89.2 cm³/mol. The summed E-state index contributed by atoms with van der Waals surface area (Å²) in [6.45, 7) is -0.768. The van der Waals surface area contributed by atoms with Crippen LogP contribution in [0.15, 0.2) is 47.4 Å². The van der Waals surface area contributed by atoms with E-state index in [2.05, 4.69) is 4.74 Å². The number of rotatable bonds is 5. The predicted octanol–water partition coefficient (Wildman–Crippen LogP) is 2.99. The molecule has 25 heavy (non-hydrogen) atoms. The van der Waals surface area contributed by atoms with Gasteiger partial charge in [0.25, 0.3) is 5.56 Å². The number of ether oxygens (including phenoxy) is 1. The van der Waals surface area contributed by atoms with Crippen molar-refractivity contribution in [1.29, 1.82) is 0 Å². The summed E-state index contributed by atoms with van der Waals surface area (Å²) >= 11 is 0. The molecule has 0 spiro atoms. The first-order valence-corrected chi connectivity index (χ1v) is 8.08. The Morgan fingerprint density at radius 3 is 2.68 bits per heavy atom. The van der Waals surface area contributed by atoms with Crippen LogP contribution in [0.2, 0.25) is 0 Å². The number of alkyl halides is 2. The van der Waals surface area contributed by atoms with E-state index in [0.717, 1.165) is 0 Å². The second kappa shape index (κ2) is 7.04. The lowest BCUT2D eigenvalue weighted by molar-refractivity contribution is -0.120. The number of hydrogen-bond donors (Lipinski definition) is 0. The zero-order valence-corrected chi connectivity index (χ0v) is 13.7. The van der Waals surface area contributed by atoms with Gasteiger partial charge in [-0.3, -0.25) is 9.59 Å². The Kier molecular flexibility index (Phi) is 4.83. The highest BCUT2D eigenvalue weighted by Gasteiger charge is 2.35. The second-order valence-corrected chi connectivity index (χ2v) is 5.74. The molecular formula is C18H18F2N2O3. The van der Waals surface area contributed by atoms with E-state index in [1.54, 1.807) is 36.5 Å². The maximum atomic E-state index is 12.8. The molecule has 1 aromatic heterocycles. The first-order chi connectivity index (χ1) is 12.0. The number of pyridine rings is 1. The third-order valence-electron chi connectivity index (χ3n) is 4.32. The van der Waals surface area contributed by atoms with Gasteiger partial charge in [-0.05, 0) is 31.0 Å². The number of aryl methyl sites for hydroxylation is 1. The number of nitrogens with zero attached hydrogens (tertiary/aromatic N) is 2. The van der Waals surface area contributed by atoms with Gasteiger partial charge in [0.1, 0.15) is 11.8 Å². The molecule has 1 amide bonds. The van der Waals surface area contributed by atoms with Crippen molar-refractivity contribution < 1.29 is 18.3 Å². The van der Waals surface area contributed by atoms with Crippen LogP contribution in [-0.2, 0) is 11.2 Å². The number of hydrogen-bond acceptors (Lipinski definition) is 3. The van der Waals surface area contributed by atoms with Crippen molar-refractivity contribution >= 4 is 11.6 Å². The molecule has 0 N–H and O–H groups in total. The number of benzene rings is 1. The molecule has 1 unspecified atom stereocenters. The number of carbonyl (C=O) groups excluding carboxylic acids is 1. The maximum Gasteiger partial charge on any atom is 0.387 e. The van der Waals surface area contributed by atoms with Gasteiger partial charge in [0, 0.05) is 18.3 Å². The minimum atomic E-state index is -2.97. The normalized spacial score (nSPS) is 17.4. The van der Waals surface area contributed by atoms with Crippen molar-refractivity contribution in [2.75, 3.05) is 11.4 Å². The molecule has 2 aromatic rings. The van der Waals surface area contributed by atoms with Gasteiger partial charge >= 0.3 is 6.61 Å². The Labute approximate surface area is 143 Å². The molecular weight excluding hydrogens is 330 g/mol. The van der Waals surface area contributed by atoms with Crippen LogP contribution in [0.1, 0.15) is 24.9 Å². The lowest BCUT2D eigenvalue weighted by atomic mass is 10.2. The monoisotopic (exact) mass is 348 g/mol. The number of halogens is 2. The molecule has 0 aliphatic carbocycles. The minimum absolute atomic E-state index is 0.0545. The first-order valence-electron chi connectivity index (χ1n) is 8.08. The summed E-state index contributed by atoms with van der Waals surface area (Å²) in [6, 6.07) is 9.01. The van der Waals surface area contributed by atoms with E-state index in [9.17, 15) is 18.4 Å². The third-order valence-corrected chi connectivity index (χ3v) is 4.32. The SMILES string of the molecule is CCc1cccn(C2CCN(c3ccccc3OC(F)F)C2=O)c1=O. The number of carbonyl (C=O) groups is 1. The first kappa shape index (κ1) is 17.1. The molecule has 7 heteroatoms. The lowest BCUT2D eigenvalue weighted by Gasteiger charge is -2.20. The highest BCUT2D eigenvalue weighted by atomic mass is 19.3. The number of aromatic nitrogens is 1. The summed E-state index contributed by atoms with van der Waals surface area (Å²) in [5, 5.41) is 0. The largest absolute Gasteiger partial charge is 0.433 e. The molecule has 0 saturated carbocycles. The molecule has 1 fully saturated rings. The zero-order chi connectivity index (χ0) is 18.0. The molecule has 1 aliphatic heterocycles. The van der Waals surface area contributed by atoms with E-state index >= 15 is 0 Å². The van der Waals surface area contributed by atoms with E-state index in [1.165, 1.54) is 15.5 Å². The zero-order valence-electron chi connectivity index (χ0n) is 13.7. The Morgan fingerprint density at radius 1 is 1.20 bits per heavy atom. The van der Waals surface area contributed by atoms with Crippen molar-refractivity contribution in [1.82, 2.24) is 4.57 Å². The molecule has 1 saturated heterocycles. The topological polar surface area (TPSA) is 51.5 Å². The molecule has 1 aromatic carbocycles. The van der Waals surface area contributed by atoms with Crippen molar-refractivity contribution in [2.24, 2.45) is 0 Å². The Hall–Kier alpha value is -2.70. The van der Waals surface area contributed by atoms with Crippen LogP contribution >= 0.6 is 0 Å². The van der Waals surface area contributed by atoms with Crippen LogP contribution < -0.4 is 15.2 Å². The molecule has 1 atom stereocenters. The van der Waals surface area contributed by atoms with Crippen LogP contribution in [0.4, 0.5) is 14.5 Å². The standard InChI is InChI=1S/C18H18F2N2O3/c1-2-12-6-5-10-21(16(12)23)14-9-11-22(17(14)24)13-7-3-4-8-15(13)25-18(19)20/h3-8,10,14,18H,2,9,11H2,1H3. The van der Waals surface area contributed by atoms with E-state index in [-0.39, 0.29) is 22.9 Å². The summed E-state index contributed by atoms with van der Waals surface area (Å²) in [6.07, 6.45) is 2.60. The summed E-state index contributed by atoms with van der Waals surface area (Å²) in [7, 11) is 0. The molecule has 5 nitrogen and oxygen atoms in total. The third kappa shape index (κ3) is 3.26. The van der Waals surface area contributed by atoms with Gasteiger partial charge in [-0.1, -0.05) is 25.1 Å². The highest BCUT2D eigenvalue weighted by Crippen LogP contribution is 2.35. The maximum absolute atomic E-state index is 12.8. The molecule has 132 valence electrons. The van der Waals surface area contributed by atoms with E-state index in [4.69, 9.17) is 0 Å². The fraction of sp³-hybridized carbons (Fsp3) is 0.333. The summed E-state index contributed by atoms with van der Waals surface area (Å²) in [5.74, 6) is -0.359. The summed E-state index contributed by atoms with van der Waals surface area (Å²) < 4.78 is 31.1. The number of para-hydroxylation sites is 2. The van der Waals surface area contributed by atoms with Crippen LogP contribution in [0.3, 0.4) is 0 Å². The van der Waals surface area contributed by atoms with Gasteiger partial charge < -0.3 is 14.2 Å². The smallest absolute Gasteiger partial charge is 0.387 e. The lowest BCUT2D eigenvalue weighted by Crippen LogP contribution is -2.33. The van der Waals surface area contributed by atoms with E-state index in [1.807, 2.05) is 6.92 Å². The molecule has 0 bridgehead atoms. The van der Waals surface area contributed by atoms with Crippen molar-refractivity contribution in [3.63, 3.8) is 0 Å². The van der Waals surface area contributed by atoms with Crippen LogP contribution in [-0.4, -0.2) is 23.6 Å². The van der Waals surface area contributed by atoms with Gasteiger partial charge in [0.15, 0.2) is 0 Å². The number of anilines is 1. The van der Waals surface area contributed by atoms with E-state index in [0.29, 0.717) is 24.9 Å². The van der Waals surface area contributed by atoms with Gasteiger partial charge in [-0.25, -0.2) is 0 Å². The fourth-order valence-corrected chi connectivity index (χ4v) is 3.11. The highest BCUT2D eigenvalue weighted by molar-refractivity contribution is 5.99. The summed E-state index contributed by atoms with van der Waals surface area (Å²) in [5.41, 5.74) is 0.729. The second-order valence-electron chi connectivity index (χ2n) is 5.74. The fourth-order valence-electron chi connectivity index (χ4n) is 3.11. The summed E-state index contributed by atoms with van der Waals surface area (Å²) in [4.78, 5) is 26.7. The quantitative estimate of drug-likeness (QED) is 0.835. The molecule has 2 heterocycles. The van der Waals surface area contributed by atoms with Crippen molar-refractivity contribution in [2.45, 2.75) is 32.4 Å². The van der Waals surface area contributed by atoms with Crippen LogP contribution in [0.25, 0.3) is 0 Å². The Balaban J connectivity index is 1.92. The molecule has 3 rings (SSSR count). The average Bonchev–Trinajstić information content (AvgIpc) is 2.96. The minimum Gasteiger partial charge on any atom is -0.433 e. The van der Waals surface area contributed by atoms with Crippen LogP contribution in [0, 0.1) is 0 Å². The van der Waals surface area contributed by atoms with Gasteiger partial charge in [0.05, 0.1) is 5.69 Å². The van der Waals surface area contributed by atoms with Gasteiger partial charge in [-0.2, -0.15) is 8.78 Å². The molecule has 1 aliphatic rings. The van der Waals surface area contributed by atoms with E-state index < -0.39 is 12.7 Å². The Bertz CT molecular complexity index is 835. The number of amides is 1. The van der Waals surface area contributed by atoms with Crippen molar-refractivity contribution in [3.8, 4) is 5.75 Å². The van der Waals surface area contributed by atoms with Crippen molar-refractivity contribution in [3.05, 3.63) is 58.5 Å².